The first-order valence-electron chi connectivity index (χ1n) is 3.69. The van der Waals surface area contributed by atoms with Gasteiger partial charge in [0.25, 0.3) is 0 Å². The summed E-state index contributed by atoms with van der Waals surface area (Å²) in [7, 11) is 0. The third-order valence-electron chi connectivity index (χ3n) is 0.905. The fraction of sp³-hybridized carbons (Fsp3) is 0.200. The molecule has 0 saturated carbocycles. The molecule has 0 spiro atoms. The van der Waals surface area contributed by atoms with Gasteiger partial charge in [-0.15, -0.1) is 0 Å². The van der Waals surface area contributed by atoms with Gasteiger partial charge in [0.1, 0.15) is 0 Å². The van der Waals surface area contributed by atoms with Crippen LogP contribution < -0.4 is 0 Å². The van der Waals surface area contributed by atoms with E-state index in [0.717, 1.165) is 0 Å². The molecule has 0 amide bonds. The van der Waals surface area contributed by atoms with Crippen LogP contribution >= 0.6 is 0 Å². The molecule has 18 heavy (non-hydrogen) atoms. The molecule has 0 aliphatic heterocycles. The van der Waals surface area contributed by atoms with E-state index in [1.54, 1.807) is 25.2 Å². The molecule has 1 atom stereocenters. The zero-order chi connectivity index (χ0) is 14.5. The first-order valence-corrected chi connectivity index (χ1v) is 3.69. The Hall–Kier alpha value is -1.98. The average molecular weight is 288 g/mol. The van der Waals surface area contributed by atoms with Crippen LogP contribution in [0.15, 0.2) is 29.4 Å². The molecule has 94 valence electrons. The van der Waals surface area contributed by atoms with E-state index < -0.39 is 0 Å². The van der Waals surface area contributed by atoms with E-state index in [4.69, 9.17) is 24.7 Å². The van der Waals surface area contributed by atoms with Gasteiger partial charge in [0, 0.05) is 28.1 Å². The van der Waals surface area contributed by atoms with Crippen LogP contribution in [0.4, 0.5) is 0 Å². The van der Waals surface area contributed by atoms with E-state index in [2.05, 4.69) is 30.0 Å². The molecular weight excluding hydrogens is 280 g/mol. The average Bonchev–Trinajstić information content (AvgIpc) is 2.42. The van der Waals surface area contributed by atoms with Gasteiger partial charge in [-0.05, 0) is 5.53 Å². The predicted molar refractivity (Wildman–Crippen MR) is 54.3 cm³/mol. The van der Waals surface area contributed by atoms with Gasteiger partial charge in [0.2, 0.25) is 0 Å². The van der Waals surface area contributed by atoms with Gasteiger partial charge in [-0.2, -0.15) is 5.26 Å². The molecule has 1 unspecified atom stereocenters. The van der Waals surface area contributed by atoms with Crippen LogP contribution in [0, 0.1) is 31.3 Å². The Bertz CT molecular complexity index is 345. The van der Waals surface area contributed by atoms with Crippen LogP contribution in [0.2, 0.25) is 0 Å². The van der Waals surface area contributed by atoms with Crippen LogP contribution in [0.25, 0.3) is 10.4 Å². The van der Waals surface area contributed by atoms with Crippen LogP contribution in [0.5, 0.6) is 0 Å². The van der Waals surface area contributed by atoms with Crippen LogP contribution in [-0.4, -0.2) is 6.04 Å². The third kappa shape index (κ3) is 48.2. The fourth-order valence-corrected chi connectivity index (χ4v) is 0.443. The molecule has 0 aromatic rings. The number of hydrogen-bond donors (Lipinski definition) is 0. The van der Waals surface area contributed by atoms with Crippen molar-refractivity contribution >= 4 is 0 Å². The number of hydrogen-bond acceptors (Lipinski definition) is 2. The molecule has 0 heterocycles. The van der Waals surface area contributed by atoms with E-state index in [9.17, 15) is 0 Å². The maximum atomic E-state index is 8.08. The number of allylic oxidation sites excluding steroid dienone is 3. The van der Waals surface area contributed by atoms with Crippen LogP contribution in [0.1, 0.15) is 6.92 Å². The summed E-state index contributed by atoms with van der Waals surface area (Å²) in [5.41, 5.74) is 7.99. The molecule has 0 fully saturated rings. The third-order valence-corrected chi connectivity index (χ3v) is 0.905. The second-order valence-corrected chi connectivity index (χ2v) is 1.82. The van der Waals surface area contributed by atoms with Crippen molar-refractivity contribution in [3.63, 3.8) is 0 Å². The van der Waals surface area contributed by atoms with Gasteiger partial charge in [0.15, 0.2) is 0 Å². The van der Waals surface area contributed by atoms with Gasteiger partial charge in [0.05, 0.1) is 12.1 Å². The first kappa shape index (κ1) is 29.8. The minimum absolute atomic E-state index is 0. The molecular formula is C10H8FeN4O3. The van der Waals surface area contributed by atoms with Crippen molar-refractivity contribution in [2.24, 2.45) is 5.11 Å². The summed E-state index contributed by atoms with van der Waals surface area (Å²) >= 11 is 0. The summed E-state index contributed by atoms with van der Waals surface area (Å²) in [5, 5.41) is 11.5. The summed E-state index contributed by atoms with van der Waals surface area (Å²) in [5.74, 6) is 0. The second kappa shape index (κ2) is 45.9. The quantitative estimate of drug-likeness (QED) is 0.113. The summed E-state index contributed by atoms with van der Waals surface area (Å²) in [6, 6.07) is 1.67. The Labute approximate surface area is 115 Å². The molecule has 0 aromatic carbocycles. The Morgan fingerprint density at radius 2 is 1.67 bits per heavy atom. The smallest absolute Gasteiger partial charge is 0 e. The normalized spacial score (nSPS) is 8.11. The Morgan fingerprint density at radius 3 is 2.00 bits per heavy atom. The van der Waals surface area contributed by atoms with Crippen molar-refractivity contribution in [2.75, 3.05) is 0 Å². The minimum atomic E-state index is -0.164. The Balaban J connectivity index is -0.0000000700. The van der Waals surface area contributed by atoms with E-state index in [-0.39, 0.29) is 23.1 Å². The first-order chi connectivity index (χ1) is 8.31. The number of nitriles is 1. The van der Waals surface area contributed by atoms with Gasteiger partial charge < -0.3 is 0 Å². The largest absolute Gasteiger partial charge is 0 e. The van der Waals surface area contributed by atoms with Crippen molar-refractivity contribution in [2.45, 2.75) is 13.0 Å². The molecule has 0 aliphatic carbocycles. The summed E-state index contributed by atoms with van der Waals surface area (Å²) in [6.07, 6.45) is 6.30. The minimum Gasteiger partial charge on any atom is 0 e. The second-order valence-electron chi connectivity index (χ2n) is 1.82. The molecule has 0 N–H and O–H groups in total. The number of nitrogens with zero attached hydrogens (tertiary/aromatic N) is 4. The van der Waals surface area contributed by atoms with Crippen LogP contribution in [-0.2, 0) is 31.0 Å². The predicted octanol–water partition coefficient (Wildman–Crippen LogP) is 2.21. The molecule has 0 radical (unpaired) electrons. The molecule has 0 saturated heterocycles. The topological polar surface area (TPSA) is 132 Å². The van der Waals surface area contributed by atoms with Crippen LogP contribution in [0.3, 0.4) is 0 Å². The van der Waals surface area contributed by atoms with Crippen molar-refractivity contribution < 1.29 is 31.0 Å². The molecule has 0 bridgehead atoms. The van der Waals surface area contributed by atoms with Crippen molar-refractivity contribution in [1.29, 1.82) is 5.26 Å². The molecule has 0 aliphatic rings. The molecule has 0 aromatic heterocycles. The summed E-state index contributed by atoms with van der Waals surface area (Å²) in [6.45, 7) is 15.3. The monoisotopic (exact) mass is 288 g/mol. The summed E-state index contributed by atoms with van der Waals surface area (Å²) < 4.78 is 22.5. The molecule has 8 heteroatoms. The standard InChI is InChI=1S/C7H8N4.3CO.Fe/c1-7(10-11-9)5-3-2-4-6-8;3*1-2;/h2-5,7H,1H3;;;;/b4-2+,5-3-;;;;. The zero-order valence-electron chi connectivity index (χ0n) is 9.25. The maximum Gasteiger partial charge on any atom is 0 e. The SMILES string of the molecule is CC(/C=C\C=C\C#N)N=[N+]=[N-].[C-]#[O+].[C-]#[O+].[C-]#[O+].[Fe]. The molecule has 7 nitrogen and oxygen atoms in total. The fourth-order valence-electron chi connectivity index (χ4n) is 0.443. The van der Waals surface area contributed by atoms with E-state index in [0.29, 0.717) is 0 Å². The van der Waals surface area contributed by atoms with Gasteiger partial charge in [-0.1, -0.05) is 30.3 Å². The zero-order valence-corrected chi connectivity index (χ0v) is 10.4. The Kier molecular flexibility index (Phi) is 75.9. The van der Waals surface area contributed by atoms with Crippen molar-refractivity contribution in [3.8, 4) is 6.07 Å². The van der Waals surface area contributed by atoms with Crippen molar-refractivity contribution in [1.82, 2.24) is 0 Å². The Morgan fingerprint density at radius 1 is 1.22 bits per heavy atom. The number of azide groups is 1. The maximum absolute atomic E-state index is 8.08. The van der Waals surface area contributed by atoms with Crippen molar-refractivity contribution in [3.05, 3.63) is 54.7 Å². The van der Waals surface area contributed by atoms with E-state index in [1.165, 1.54) is 6.08 Å². The van der Waals surface area contributed by atoms with Gasteiger partial charge >= 0.3 is 33.9 Å². The van der Waals surface area contributed by atoms with Gasteiger partial charge in [-0.3, -0.25) is 0 Å². The summed E-state index contributed by atoms with van der Waals surface area (Å²) in [4.78, 5) is 2.62. The van der Waals surface area contributed by atoms with E-state index >= 15 is 0 Å². The molecule has 0 rings (SSSR count). The van der Waals surface area contributed by atoms with E-state index in [1.807, 2.05) is 6.07 Å². The number of rotatable bonds is 3. The van der Waals surface area contributed by atoms with Gasteiger partial charge in [-0.25, -0.2) is 0 Å².